The van der Waals surface area contributed by atoms with Crippen LogP contribution in [-0.2, 0) is 0 Å². The van der Waals surface area contributed by atoms with Gasteiger partial charge >= 0.3 is 0 Å². The molecular weight excluding hydrogens is 380 g/mol. The first-order valence-electron chi connectivity index (χ1n) is 9.20. The van der Waals surface area contributed by atoms with Crippen LogP contribution in [0.4, 0.5) is 11.4 Å². The highest BCUT2D eigenvalue weighted by Gasteiger charge is 2.14. The van der Waals surface area contributed by atoms with Gasteiger partial charge in [0.25, 0.3) is 11.8 Å². The summed E-state index contributed by atoms with van der Waals surface area (Å²) in [5.41, 5.74) is 3.28. The van der Waals surface area contributed by atoms with Crippen molar-refractivity contribution in [3.63, 3.8) is 0 Å². The maximum Gasteiger partial charge on any atom is 0.295 e. The molecule has 0 unspecified atom stereocenters. The number of anilines is 2. The number of aryl methyl sites for hydroxylation is 1. The van der Waals surface area contributed by atoms with Gasteiger partial charge in [-0.2, -0.15) is 0 Å². The van der Waals surface area contributed by atoms with E-state index in [0.29, 0.717) is 16.9 Å². The molecular formula is C22H18N6O2. The second kappa shape index (κ2) is 8.36. The third-order valence-corrected chi connectivity index (χ3v) is 4.40. The topological polar surface area (TPSA) is 102 Å². The largest absolute Gasteiger partial charge is 0.322 e. The van der Waals surface area contributed by atoms with Crippen LogP contribution in [0.3, 0.4) is 0 Å². The zero-order chi connectivity index (χ0) is 20.9. The third kappa shape index (κ3) is 4.22. The first kappa shape index (κ1) is 19.0. The highest BCUT2D eigenvalue weighted by Crippen LogP contribution is 2.21. The quantitative estimate of drug-likeness (QED) is 0.536. The second-order valence-corrected chi connectivity index (χ2v) is 6.52. The number of amides is 2. The van der Waals surface area contributed by atoms with Crippen LogP contribution in [0.5, 0.6) is 0 Å². The van der Waals surface area contributed by atoms with Gasteiger partial charge in [0.1, 0.15) is 6.33 Å². The van der Waals surface area contributed by atoms with E-state index in [4.69, 9.17) is 0 Å². The maximum atomic E-state index is 12.6. The molecule has 4 rings (SSSR count). The van der Waals surface area contributed by atoms with Crippen molar-refractivity contribution in [1.29, 1.82) is 0 Å². The molecule has 148 valence electrons. The summed E-state index contributed by atoms with van der Waals surface area (Å²) >= 11 is 0. The van der Waals surface area contributed by atoms with Gasteiger partial charge < -0.3 is 10.6 Å². The van der Waals surface area contributed by atoms with Gasteiger partial charge in [0, 0.05) is 29.3 Å². The molecule has 0 saturated heterocycles. The fourth-order valence-electron chi connectivity index (χ4n) is 2.79. The van der Waals surface area contributed by atoms with E-state index in [9.17, 15) is 9.59 Å². The van der Waals surface area contributed by atoms with E-state index in [0.717, 1.165) is 11.3 Å². The van der Waals surface area contributed by atoms with E-state index in [1.165, 1.54) is 11.0 Å². The number of hydrogen-bond donors (Lipinski definition) is 2. The minimum atomic E-state index is -0.444. The molecule has 30 heavy (non-hydrogen) atoms. The first-order chi connectivity index (χ1) is 14.6. The van der Waals surface area contributed by atoms with Crippen molar-refractivity contribution < 1.29 is 9.59 Å². The van der Waals surface area contributed by atoms with Crippen molar-refractivity contribution in [1.82, 2.24) is 19.7 Å². The summed E-state index contributed by atoms with van der Waals surface area (Å²) in [7, 11) is 0. The second-order valence-electron chi connectivity index (χ2n) is 6.52. The van der Waals surface area contributed by atoms with Crippen LogP contribution in [0.1, 0.15) is 26.5 Å². The lowest BCUT2D eigenvalue weighted by atomic mass is 10.1. The van der Waals surface area contributed by atoms with Crippen molar-refractivity contribution in [2.45, 2.75) is 6.92 Å². The summed E-state index contributed by atoms with van der Waals surface area (Å²) in [6.07, 6.45) is 4.60. The lowest BCUT2D eigenvalue weighted by molar-refractivity contribution is 0.101. The highest BCUT2D eigenvalue weighted by molar-refractivity contribution is 6.05. The van der Waals surface area contributed by atoms with Crippen LogP contribution >= 0.6 is 0 Å². The molecule has 0 radical (unpaired) electrons. The summed E-state index contributed by atoms with van der Waals surface area (Å²) in [5, 5.41) is 9.84. The molecule has 0 aliphatic carbocycles. The van der Waals surface area contributed by atoms with Crippen LogP contribution in [0, 0.1) is 6.92 Å². The monoisotopic (exact) mass is 398 g/mol. The van der Waals surface area contributed by atoms with Crippen LogP contribution in [0.15, 0.2) is 79.4 Å². The molecule has 0 aliphatic rings. The molecule has 0 fully saturated rings. The number of hydrogen-bond acceptors (Lipinski definition) is 5. The Hall–Kier alpha value is -4.33. The third-order valence-electron chi connectivity index (χ3n) is 4.40. The Labute approximate surface area is 172 Å². The van der Waals surface area contributed by atoms with Crippen LogP contribution in [0.25, 0.3) is 5.69 Å². The summed E-state index contributed by atoms with van der Waals surface area (Å²) in [4.78, 5) is 33.0. The number of rotatable bonds is 5. The van der Waals surface area contributed by atoms with Crippen molar-refractivity contribution in [3.8, 4) is 5.69 Å². The van der Waals surface area contributed by atoms with E-state index in [1.807, 2.05) is 43.3 Å². The standard InChI is InChI=1S/C22H18N6O2/c1-15-7-8-17(13-19(15)26-21(29)16-9-11-23-12-10-16)25-22(30)20-24-14-28(27-20)18-5-3-2-4-6-18/h2-14H,1H3,(H,25,30)(H,26,29). The molecule has 2 amide bonds. The number of nitrogens with zero attached hydrogens (tertiary/aromatic N) is 4. The first-order valence-corrected chi connectivity index (χ1v) is 9.20. The van der Waals surface area contributed by atoms with Gasteiger partial charge in [0.05, 0.1) is 5.69 Å². The molecule has 8 nitrogen and oxygen atoms in total. The Morgan fingerprint density at radius 1 is 0.900 bits per heavy atom. The fourth-order valence-corrected chi connectivity index (χ4v) is 2.79. The Morgan fingerprint density at radius 2 is 1.67 bits per heavy atom. The predicted molar refractivity (Wildman–Crippen MR) is 113 cm³/mol. The number of pyridine rings is 1. The van der Waals surface area contributed by atoms with Crippen molar-refractivity contribution in [2.75, 3.05) is 10.6 Å². The predicted octanol–water partition coefficient (Wildman–Crippen LogP) is 3.48. The average Bonchev–Trinajstić information content (AvgIpc) is 3.28. The van der Waals surface area contributed by atoms with E-state index >= 15 is 0 Å². The zero-order valence-corrected chi connectivity index (χ0v) is 16.1. The molecule has 2 aromatic carbocycles. The molecule has 0 atom stereocenters. The molecule has 0 saturated carbocycles. The Bertz CT molecular complexity index is 1190. The van der Waals surface area contributed by atoms with Crippen LogP contribution in [0.2, 0.25) is 0 Å². The molecule has 0 spiro atoms. The molecule has 2 N–H and O–H groups in total. The number of aromatic nitrogens is 4. The Kier molecular flexibility index (Phi) is 5.29. The lowest BCUT2D eigenvalue weighted by Gasteiger charge is -2.11. The number of carbonyl (C=O) groups excluding carboxylic acids is 2. The SMILES string of the molecule is Cc1ccc(NC(=O)c2ncn(-c3ccccc3)n2)cc1NC(=O)c1ccncc1. The van der Waals surface area contributed by atoms with Crippen LogP contribution in [-0.4, -0.2) is 31.6 Å². The highest BCUT2D eigenvalue weighted by atomic mass is 16.2. The van der Waals surface area contributed by atoms with E-state index in [-0.39, 0.29) is 11.7 Å². The minimum absolute atomic E-state index is 0.0433. The summed E-state index contributed by atoms with van der Waals surface area (Å²) in [5.74, 6) is -0.658. The number of carbonyl (C=O) groups is 2. The van der Waals surface area contributed by atoms with Gasteiger partial charge in [-0.15, -0.1) is 5.10 Å². The van der Waals surface area contributed by atoms with Gasteiger partial charge in [0.2, 0.25) is 5.82 Å². The van der Waals surface area contributed by atoms with Crippen molar-refractivity contribution in [3.05, 3.63) is 96.3 Å². The summed E-state index contributed by atoms with van der Waals surface area (Å²) in [6.45, 7) is 1.87. The summed E-state index contributed by atoms with van der Waals surface area (Å²) in [6, 6.07) is 17.9. The summed E-state index contributed by atoms with van der Waals surface area (Å²) < 4.78 is 1.53. The van der Waals surface area contributed by atoms with E-state index < -0.39 is 5.91 Å². The normalized spacial score (nSPS) is 10.4. The zero-order valence-electron chi connectivity index (χ0n) is 16.1. The van der Waals surface area contributed by atoms with Gasteiger partial charge in [0.15, 0.2) is 0 Å². The number of nitrogens with one attached hydrogen (secondary N) is 2. The maximum absolute atomic E-state index is 12.6. The van der Waals surface area contributed by atoms with Gasteiger partial charge in [-0.05, 0) is 48.9 Å². The molecule has 2 heterocycles. The molecule has 4 aromatic rings. The van der Waals surface area contributed by atoms with Crippen molar-refractivity contribution >= 4 is 23.2 Å². The minimum Gasteiger partial charge on any atom is -0.322 e. The Morgan fingerprint density at radius 3 is 2.43 bits per heavy atom. The molecule has 8 heteroatoms. The van der Waals surface area contributed by atoms with E-state index in [1.54, 1.807) is 36.7 Å². The fraction of sp³-hybridized carbons (Fsp3) is 0.0455. The molecule has 0 bridgehead atoms. The van der Waals surface area contributed by atoms with E-state index in [2.05, 4.69) is 25.7 Å². The Balaban J connectivity index is 1.49. The number of benzene rings is 2. The number of para-hydroxylation sites is 1. The average molecular weight is 398 g/mol. The lowest BCUT2D eigenvalue weighted by Crippen LogP contribution is -2.16. The molecule has 2 aromatic heterocycles. The van der Waals surface area contributed by atoms with Crippen LogP contribution < -0.4 is 10.6 Å². The molecule has 0 aliphatic heterocycles. The van der Waals surface area contributed by atoms with Gasteiger partial charge in [-0.1, -0.05) is 24.3 Å². The smallest absolute Gasteiger partial charge is 0.295 e. The van der Waals surface area contributed by atoms with Gasteiger partial charge in [-0.25, -0.2) is 9.67 Å². The van der Waals surface area contributed by atoms with Gasteiger partial charge in [-0.3, -0.25) is 14.6 Å². The van der Waals surface area contributed by atoms with Crippen molar-refractivity contribution in [2.24, 2.45) is 0 Å².